The molecule has 0 unspecified atom stereocenters. The van der Waals surface area contributed by atoms with Crippen LogP contribution in [0.15, 0.2) is 24.3 Å². The first-order chi connectivity index (χ1) is 10.1. The number of hydrogen-bond donors (Lipinski definition) is 1. The van der Waals surface area contributed by atoms with Crippen molar-refractivity contribution in [2.75, 3.05) is 11.9 Å². The second-order valence-corrected chi connectivity index (χ2v) is 6.05. The molecule has 0 saturated heterocycles. The molecule has 1 aliphatic rings. The van der Waals surface area contributed by atoms with E-state index < -0.39 is 5.97 Å². The fraction of sp³-hybridized carbons (Fsp3) is 0.471. The number of carboxylic acids is 1. The van der Waals surface area contributed by atoms with Crippen LogP contribution in [0.3, 0.4) is 0 Å². The Balaban J connectivity index is 2.13. The standard InChI is InChI=1S/C17H22ClNO2/c1-19(14-6-4-2-3-5-7-14)16-10-8-13(12-15(16)18)9-11-17(20)21/h8-12,14H,2-7H2,1H3,(H,20,21)/b11-9+. The third kappa shape index (κ3) is 4.50. The van der Waals surface area contributed by atoms with Crippen molar-refractivity contribution >= 4 is 29.3 Å². The molecule has 0 aromatic heterocycles. The lowest BCUT2D eigenvalue weighted by atomic mass is 10.1. The average Bonchev–Trinajstić information content (AvgIpc) is 2.73. The lowest BCUT2D eigenvalue weighted by Crippen LogP contribution is -2.31. The summed E-state index contributed by atoms with van der Waals surface area (Å²) in [5.41, 5.74) is 1.83. The molecule has 0 spiro atoms. The quantitative estimate of drug-likeness (QED) is 0.653. The number of benzene rings is 1. The van der Waals surface area contributed by atoms with Crippen LogP contribution >= 0.6 is 11.6 Å². The number of anilines is 1. The van der Waals surface area contributed by atoms with Crippen molar-refractivity contribution in [2.24, 2.45) is 0 Å². The number of halogens is 1. The topological polar surface area (TPSA) is 40.5 Å². The number of hydrogen-bond acceptors (Lipinski definition) is 2. The fourth-order valence-corrected chi connectivity index (χ4v) is 3.24. The summed E-state index contributed by atoms with van der Waals surface area (Å²) in [5, 5.41) is 9.33. The minimum atomic E-state index is -0.953. The molecular weight excluding hydrogens is 286 g/mol. The van der Waals surface area contributed by atoms with Crippen LogP contribution in [-0.2, 0) is 4.79 Å². The van der Waals surface area contributed by atoms with Crippen molar-refractivity contribution < 1.29 is 9.90 Å². The van der Waals surface area contributed by atoms with Gasteiger partial charge in [-0.15, -0.1) is 0 Å². The summed E-state index contributed by atoms with van der Waals surface area (Å²) in [6.45, 7) is 0. The van der Waals surface area contributed by atoms with Gasteiger partial charge in [0.05, 0.1) is 10.7 Å². The molecule has 21 heavy (non-hydrogen) atoms. The summed E-state index contributed by atoms with van der Waals surface area (Å²) in [6.07, 6.45) is 10.3. The monoisotopic (exact) mass is 307 g/mol. The highest BCUT2D eigenvalue weighted by Crippen LogP contribution is 2.31. The molecule has 0 radical (unpaired) electrons. The molecule has 3 nitrogen and oxygen atoms in total. The van der Waals surface area contributed by atoms with Gasteiger partial charge in [-0.2, -0.15) is 0 Å². The molecule has 1 aromatic carbocycles. The average molecular weight is 308 g/mol. The van der Waals surface area contributed by atoms with Gasteiger partial charge in [0.25, 0.3) is 0 Å². The van der Waals surface area contributed by atoms with E-state index in [4.69, 9.17) is 16.7 Å². The van der Waals surface area contributed by atoms with Gasteiger partial charge in [-0.05, 0) is 36.6 Å². The van der Waals surface area contributed by atoms with E-state index in [2.05, 4.69) is 11.9 Å². The van der Waals surface area contributed by atoms with Crippen LogP contribution in [0, 0.1) is 0 Å². The summed E-state index contributed by atoms with van der Waals surface area (Å²) >= 11 is 6.38. The van der Waals surface area contributed by atoms with Crippen molar-refractivity contribution in [1.82, 2.24) is 0 Å². The summed E-state index contributed by atoms with van der Waals surface area (Å²) in [4.78, 5) is 12.8. The Hall–Kier alpha value is -1.48. The van der Waals surface area contributed by atoms with Gasteiger partial charge in [0.15, 0.2) is 0 Å². The van der Waals surface area contributed by atoms with E-state index in [1.807, 2.05) is 18.2 Å². The Bertz CT molecular complexity index is 520. The smallest absolute Gasteiger partial charge is 0.328 e. The highest BCUT2D eigenvalue weighted by atomic mass is 35.5. The van der Waals surface area contributed by atoms with Gasteiger partial charge in [0.1, 0.15) is 0 Å². The van der Waals surface area contributed by atoms with Crippen molar-refractivity contribution in [2.45, 2.75) is 44.6 Å². The molecule has 0 amide bonds. The second kappa shape index (κ2) is 7.51. The van der Waals surface area contributed by atoms with Gasteiger partial charge in [-0.25, -0.2) is 4.79 Å². The van der Waals surface area contributed by atoms with Gasteiger partial charge in [0.2, 0.25) is 0 Å². The SMILES string of the molecule is CN(c1ccc(/C=C/C(=O)O)cc1Cl)C1CCCCCC1. The third-order valence-electron chi connectivity index (χ3n) is 4.14. The van der Waals surface area contributed by atoms with Crippen LogP contribution in [-0.4, -0.2) is 24.2 Å². The molecule has 2 rings (SSSR count). The summed E-state index contributed by atoms with van der Waals surface area (Å²) in [6, 6.07) is 6.26. The molecule has 0 bridgehead atoms. The van der Waals surface area contributed by atoms with E-state index in [0.717, 1.165) is 17.3 Å². The van der Waals surface area contributed by atoms with E-state index >= 15 is 0 Å². The molecule has 1 aliphatic carbocycles. The van der Waals surface area contributed by atoms with Crippen molar-refractivity contribution in [3.05, 3.63) is 34.9 Å². The van der Waals surface area contributed by atoms with Crippen LogP contribution in [0.4, 0.5) is 5.69 Å². The Morgan fingerprint density at radius 2 is 1.95 bits per heavy atom. The molecular formula is C17H22ClNO2. The third-order valence-corrected chi connectivity index (χ3v) is 4.45. The molecule has 1 fully saturated rings. The van der Waals surface area contributed by atoms with Gasteiger partial charge in [-0.3, -0.25) is 0 Å². The fourth-order valence-electron chi connectivity index (χ4n) is 2.92. The second-order valence-electron chi connectivity index (χ2n) is 5.64. The maximum atomic E-state index is 10.5. The summed E-state index contributed by atoms with van der Waals surface area (Å²) in [7, 11) is 2.10. The van der Waals surface area contributed by atoms with Crippen LogP contribution < -0.4 is 4.90 Å². The number of nitrogens with zero attached hydrogens (tertiary/aromatic N) is 1. The highest BCUT2D eigenvalue weighted by Gasteiger charge is 2.18. The minimum absolute atomic E-state index is 0.547. The first kappa shape index (κ1) is 15.9. The Morgan fingerprint density at radius 3 is 2.52 bits per heavy atom. The van der Waals surface area contributed by atoms with Crippen LogP contribution in [0.1, 0.15) is 44.1 Å². The van der Waals surface area contributed by atoms with Gasteiger partial charge in [-0.1, -0.05) is 43.4 Å². The Kier molecular flexibility index (Phi) is 5.68. The Labute approximate surface area is 131 Å². The maximum absolute atomic E-state index is 10.5. The molecule has 0 atom stereocenters. The zero-order valence-corrected chi connectivity index (χ0v) is 13.1. The molecule has 0 heterocycles. The first-order valence-corrected chi connectivity index (χ1v) is 7.89. The number of aliphatic carboxylic acids is 1. The molecule has 1 saturated carbocycles. The van der Waals surface area contributed by atoms with E-state index in [1.54, 1.807) is 6.08 Å². The first-order valence-electron chi connectivity index (χ1n) is 7.51. The molecule has 1 N–H and O–H groups in total. The van der Waals surface area contributed by atoms with Gasteiger partial charge < -0.3 is 10.0 Å². The lowest BCUT2D eigenvalue weighted by Gasteiger charge is -2.30. The molecule has 4 heteroatoms. The normalized spacial score (nSPS) is 16.9. The summed E-state index contributed by atoms with van der Waals surface area (Å²) in [5.74, 6) is -0.953. The van der Waals surface area contributed by atoms with Crippen LogP contribution in [0.5, 0.6) is 0 Å². The molecule has 1 aromatic rings. The molecule has 114 valence electrons. The van der Waals surface area contributed by atoms with Crippen LogP contribution in [0.25, 0.3) is 6.08 Å². The summed E-state index contributed by atoms with van der Waals surface area (Å²) < 4.78 is 0. The maximum Gasteiger partial charge on any atom is 0.328 e. The lowest BCUT2D eigenvalue weighted by molar-refractivity contribution is -0.131. The van der Waals surface area contributed by atoms with Gasteiger partial charge >= 0.3 is 5.97 Å². The number of rotatable bonds is 4. The largest absolute Gasteiger partial charge is 0.478 e. The predicted octanol–water partition coefficient (Wildman–Crippen LogP) is 4.60. The van der Waals surface area contributed by atoms with E-state index in [1.165, 1.54) is 38.5 Å². The van der Waals surface area contributed by atoms with Gasteiger partial charge in [0, 0.05) is 19.2 Å². The van der Waals surface area contributed by atoms with Crippen molar-refractivity contribution in [1.29, 1.82) is 0 Å². The molecule has 0 aliphatic heterocycles. The zero-order chi connectivity index (χ0) is 15.2. The zero-order valence-electron chi connectivity index (χ0n) is 12.4. The Morgan fingerprint density at radius 1 is 1.29 bits per heavy atom. The van der Waals surface area contributed by atoms with Crippen LogP contribution in [0.2, 0.25) is 5.02 Å². The van der Waals surface area contributed by atoms with E-state index in [0.29, 0.717) is 11.1 Å². The van der Waals surface area contributed by atoms with Crippen molar-refractivity contribution in [3.8, 4) is 0 Å². The van der Waals surface area contributed by atoms with E-state index in [-0.39, 0.29) is 0 Å². The number of carboxylic acid groups (broad SMARTS) is 1. The van der Waals surface area contributed by atoms with E-state index in [9.17, 15) is 4.79 Å². The minimum Gasteiger partial charge on any atom is -0.478 e. The predicted molar refractivity (Wildman–Crippen MR) is 88.0 cm³/mol. The van der Waals surface area contributed by atoms with Crippen molar-refractivity contribution in [3.63, 3.8) is 0 Å². The number of carbonyl (C=O) groups is 1. The highest BCUT2D eigenvalue weighted by molar-refractivity contribution is 6.33.